The smallest absolute Gasteiger partial charge is 0.218 e. The first-order valence-electron chi connectivity index (χ1n) is 11.5. The molecule has 2 heterocycles. The predicted octanol–water partition coefficient (Wildman–Crippen LogP) is 5.26. The Kier molecular flexibility index (Phi) is 6.18. The molecule has 4 rings (SSSR count). The highest BCUT2D eigenvalue weighted by molar-refractivity contribution is 5.84. The third kappa shape index (κ3) is 4.46. The summed E-state index contributed by atoms with van der Waals surface area (Å²) in [5.41, 5.74) is 3.93. The number of nitrogens with zero attached hydrogens (tertiary/aromatic N) is 2. The van der Waals surface area contributed by atoms with Crippen LogP contribution in [0.4, 0.5) is 11.6 Å². The molecule has 3 aromatic rings. The molecule has 1 aliphatic rings. The van der Waals surface area contributed by atoms with E-state index in [0.29, 0.717) is 16.9 Å². The molecule has 1 fully saturated rings. The van der Waals surface area contributed by atoms with Crippen molar-refractivity contribution in [3.8, 4) is 6.07 Å². The second kappa shape index (κ2) is 8.92. The summed E-state index contributed by atoms with van der Waals surface area (Å²) < 4.78 is 6.39. The van der Waals surface area contributed by atoms with Gasteiger partial charge in [0.15, 0.2) is 5.56 Å². The first-order valence-corrected chi connectivity index (χ1v) is 11.5. The quantitative estimate of drug-likeness (QED) is 0.556. The number of aliphatic hydroxyl groups is 1. The van der Waals surface area contributed by atoms with Gasteiger partial charge in [-0.2, -0.15) is 5.26 Å². The van der Waals surface area contributed by atoms with Crippen molar-refractivity contribution in [1.82, 2.24) is 0 Å². The second-order valence-electron chi connectivity index (χ2n) is 9.79. The number of aryl methyl sites for hydroxylation is 1. The summed E-state index contributed by atoms with van der Waals surface area (Å²) in [6.45, 7) is 9.84. The van der Waals surface area contributed by atoms with Gasteiger partial charge in [-0.3, -0.25) is 4.79 Å². The van der Waals surface area contributed by atoms with Crippen LogP contribution in [-0.4, -0.2) is 18.2 Å². The van der Waals surface area contributed by atoms with Gasteiger partial charge >= 0.3 is 0 Å². The van der Waals surface area contributed by atoms with Crippen LogP contribution in [-0.2, 0) is 6.61 Å². The van der Waals surface area contributed by atoms with Gasteiger partial charge in [0.2, 0.25) is 11.3 Å². The molecule has 0 radical (unpaired) electrons. The number of para-hydroxylation sites is 1. The molecule has 0 amide bonds. The van der Waals surface area contributed by atoms with Gasteiger partial charge in [-0.15, -0.1) is 0 Å². The zero-order valence-electron chi connectivity index (χ0n) is 19.7. The van der Waals surface area contributed by atoms with Crippen LogP contribution < -0.4 is 15.6 Å². The van der Waals surface area contributed by atoms with Gasteiger partial charge in [0.1, 0.15) is 11.7 Å². The van der Waals surface area contributed by atoms with Crippen LogP contribution in [0.2, 0.25) is 0 Å². The number of hydrogen-bond acceptors (Lipinski definition) is 6. The molecule has 2 N–H and O–H groups in total. The molecule has 1 aliphatic heterocycles. The average molecular weight is 446 g/mol. The normalized spacial score (nSPS) is 16.4. The van der Waals surface area contributed by atoms with E-state index in [4.69, 9.17) is 4.42 Å². The topological polar surface area (TPSA) is 89.5 Å². The third-order valence-corrected chi connectivity index (χ3v) is 6.69. The van der Waals surface area contributed by atoms with Crippen molar-refractivity contribution >= 4 is 22.5 Å². The van der Waals surface area contributed by atoms with Gasteiger partial charge in [0.05, 0.1) is 18.0 Å². The second-order valence-corrected chi connectivity index (χ2v) is 9.79. The minimum absolute atomic E-state index is 0.0689. The summed E-state index contributed by atoms with van der Waals surface area (Å²) in [6.07, 6.45) is 1.94. The Balaban J connectivity index is 1.83. The number of rotatable bonds is 5. The van der Waals surface area contributed by atoms with E-state index >= 15 is 0 Å². The summed E-state index contributed by atoms with van der Waals surface area (Å²) in [7, 11) is 0. The van der Waals surface area contributed by atoms with Crippen molar-refractivity contribution in [2.75, 3.05) is 23.3 Å². The summed E-state index contributed by atoms with van der Waals surface area (Å²) in [5.74, 6) is 0.374. The molecule has 33 heavy (non-hydrogen) atoms. The van der Waals surface area contributed by atoms with Crippen LogP contribution in [0.5, 0.6) is 0 Å². The van der Waals surface area contributed by atoms with E-state index < -0.39 is 0 Å². The molecule has 0 saturated carbocycles. The van der Waals surface area contributed by atoms with Gasteiger partial charge < -0.3 is 19.7 Å². The minimum atomic E-state index is -0.286. The molecule has 1 aromatic heterocycles. The van der Waals surface area contributed by atoms with Gasteiger partial charge in [0.25, 0.3) is 0 Å². The van der Waals surface area contributed by atoms with Crippen molar-refractivity contribution in [2.45, 2.75) is 53.2 Å². The van der Waals surface area contributed by atoms with E-state index in [1.165, 1.54) is 0 Å². The molecule has 2 aromatic carbocycles. The maximum atomic E-state index is 13.4. The Hall–Kier alpha value is -3.30. The zero-order valence-corrected chi connectivity index (χ0v) is 19.7. The lowest BCUT2D eigenvalue weighted by Gasteiger charge is -2.37. The van der Waals surface area contributed by atoms with Crippen LogP contribution in [0.15, 0.2) is 45.6 Å². The van der Waals surface area contributed by atoms with Crippen LogP contribution in [0.3, 0.4) is 0 Å². The van der Waals surface area contributed by atoms with Crippen molar-refractivity contribution in [1.29, 1.82) is 5.26 Å². The Morgan fingerprint density at radius 2 is 1.94 bits per heavy atom. The fraction of sp³-hybridized carbons (Fsp3) is 0.407. The van der Waals surface area contributed by atoms with E-state index in [0.717, 1.165) is 48.3 Å². The summed E-state index contributed by atoms with van der Waals surface area (Å²) in [4.78, 5) is 15.4. The standard InChI is InChI=1S/C27H31N3O3/c1-17-13-20(18(2)29-23-8-6-5-7-19(23)16-31)25-21(14-17)24(32)22(15-28)26(33-25)30-11-9-27(3,4)10-12-30/h5-8,13-14,18,29,31H,9-12,16H2,1-4H3. The lowest BCUT2D eigenvalue weighted by Crippen LogP contribution is -2.38. The minimum Gasteiger partial charge on any atom is -0.438 e. The largest absolute Gasteiger partial charge is 0.438 e. The van der Waals surface area contributed by atoms with E-state index in [2.05, 4.69) is 25.2 Å². The van der Waals surface area contributed by atoms with Crippen molar-refractivity contribution in [3.05, 3.63) is 68.9 Å². The summed E-state index contributed by atoms with van der Waals surface area (Å²) in [5, 5.41) is 23.4. The fourth-order valence-electron chi connectivity index (χ4n) is 4.53. The first-order chi connectivity index (χ1) is 15.7. The SMILES string of the molecule is Cc1cc(C(C)Nc2ccccc2CO)c2oc(N3CCC(C)(C)CC3)c(C#N)c(=O)c2c1. The van der Waals surface area contributed by atoms with Crippen LogP contribution in [0.25, 0.3) is 11.0 Å². The van der Waals surface area contributed by atoms with E-state index in [-0.39, 0.29) is 29.1 Å². The molecular weight excluding hydrogens is 414 g/mol. The van der Waals surface area contributed by atoms with Gasteiger partial charge in [-0.05, 0) is 49.8 Å². The molecule has 172 valence electrons. The summed E-state index contributed by atoms with van der Waals surface area (Å²) in [6, 6.07) is 13.3. The molecule has 1 atom stereocenters. The molecule has 1 unspecified atom stereocenters. The number of hydrogen-bond donors (Lipinski definition) is 2. The first kappa shape index (κ1) is 22.9. The van der Waals surface area contributed by atoms with Gasteiger partial charge in [-0.1, -0.05) is 38.1 Å². The number of benzene rings is 2. The third-order valence-electron chi connectivity index (χ3n) is 6.69. The Morgan fingerprint density at radius 1 is 1.24 bits per heavy atom. The number of nitriles is 1. The number of nitrogens with one attached hydrogen (secondary N) is 1. The Morgan fingerprint density at radius 3 is 2.61 bits per heavy atom. The highest BCUT2D eigenvalue weighted by Crippen LogP contribution is 2.36. The van der Waals surface area contributed by atoms with Gasteiger partial charge in [-0.25, -0.2) is 0 Å². The molecule has 0 spiro atoms. The lowest BCUT2D eigenvalue weighted by molar-refractivity contribution is 0.274. The Labute approximate surface area is 194 Å². The molecule has 6 nitrogen and oxygen atoms in total. The zero-order chi connectivity index (χ0) is 23.8. The van der Waals surface area contributed by atoms with Gasteiger partial charge in [0, 0.05) is 29.9 Å². The maximum absolute atomic E-state index is 13.4. The molecule has 1 saturated heterocycles. The number of piperidine rings is 1. The number of anilines is 2. The number of fused-ring (bicyclic) bond motifs is 1. The van der Waals surface area contributed by atoms with Crippen LogP contribution in [0.1, 0.15) is 61.9 Å². The molecule has 0 bridgehead atoms. The lowest BCUT2D eigenvalue weighted by atomic mass is 9.82. The van der Waals surface area contributed by atoms with Crippen LogP contribution in [0, 0.1) is 23.7 Å². The Bertz CT molecular complexity index is 1280. The fourth-order valence-corrected chi connectivity index (χ4v) is 4.53. The number of aliphatic hydroxyl groups excluding tert-OH is 1. The van der Waals surface area contributed by atoms with Crippen molar-refractivity contribution in [2.24, 2.45) is 5.41 Å². The molecule has 0 aliphatic carbocycles. The van der Waals surface area contributed by atoms with E-state index in [9.17, 15) is 15.2 Å². The monoisotopic (exact) mass is 445 g/mol. The maximum Gasteiger partial charge on any atom is 0.218 e. The van der Waals surface area contributed by atoms with Crippen LogP contribution >= 0.6 is 0 Å². The molecule has 6 heteroatoms. The average Bonchev–Trinajstić information content (AvgIpc) is 2.79. The molecular formula is C27H31N3O3. The van der Waals surface area contributed by atoms with E-state index in [1.807, 2.05) is 49.1 Å². The van der Waals surface area contributed by atoms with E-state index in [1.54, 1.807) is 6.07 Å². The van der Waals surface area contributed by atoms with Crippen molar-refractivity contribution in [3.63, 3.8) is 0 Å². The summed E-state index contributed by atoms with van der Waals surface area (Å²) >= 11 is 0. The van der Waals surface area contributed by atoms with Crippen molar-refractivity contribution < 1.29 is 9.52 Å². The highest BCUT2D eigenvalue weighted by Gasteiger charge is 2.30. The highest BCUT2D eigenvalue weighted by atomic mass is 16.4. The predicted molar refractivity (Wildman–Crippen MR) is 132 cm³/mol.